The number of nitrogens with one attached hydrogen (secondary N) is 1. The van der Waals surface area contributed by atoms with Gasteiger partial charge >= 0.3 is 0 Å². The average molecular weight is 465 g/mol. The van der Waals surface area contributed by atoms with Gasteiger partial charge in [0.05, 0.1) is 36.0 Å². The fourth-order valence-corrected chi connectivity index (χ4v) is 4.54. The van der Waals surface area contributed by atoms with Crippen LogP contribution in [0.25, 0.3) is 17.8 Å². The maximum absolute atomic E-state index is 13.5. The molecule has 2 unspecified atom stereocenters. The highest BCUT2D eigenvalue weighted by Gasteiger charge is 2.45. The molecule has 5 nitrogen and oxygen atoms in total. The van der Waals surface area contributed by atoms with E-state index >= 15 is 0 Å². The Morgan fingerprint density at radius 1 is 1.28 bits per heavy atom. The second-order valence-electron chi connectivity index (χ2n) is 7.02. The summed E-state index contributed by atoms with van der Waals surface area (Å²) in [5.74, 6) is -1.82. The largest absolute Gasteiger partial charge is 0.499 e. The van der Waals surface area contributed by atoms with Gasteiger partial charge in [-0.1, -0.05) is 34.8 Å². The van der Waals surface area contributed by atoms with Gasteiger partial charge in [0, 0.05) is 35.7 Å². The Kier molecular flexibility index (Phi) is 5.44. The van der Waals surface area contributed by atoms with Crippen molar-refractivity contribution in [2.24, 2.45) is 0 Å². The van der Waals surface area contributed by atoms with Crippen LogP contribution in [0.4, 0.5) is 14.6 Å². The predicted octanol–water partition coefficient (Wildman–Crippen LogP) is 2.69. The van der Waals surface area contributed by atoms with Gasteiger partial charge in [0.2, 0.25) is 0 Å². The Hall–Kier alpha value is -1.54. The maximum atomic E-state index is 13.5. The van der Waals surface area contributed by atoms with E-state index in [1.807, 2.05) is 0 Å². The number of fused-ring (bicyclic) bond motifs is 1. The van der Waals surface area contributed by atoms with Crippen molar-refractivity contribution in [2.45, 2.75) is 23.9 Å². The normalized spacial score (nSPS) is 25.6. The smallest absolute Gasteiger partial charge is 0.282 e. The van der Waals surface area contributed by atoms with E-state index in [-0.39, 0.29) is 0 Å². The molecular formula is C19H18Cl3F2N3O2. The molecule has 156 valence electrons. The lowest BCUT2D eigenvalue weighted by atomic mass is 9.98. The van der Waals surface area contributed by atoms with Gasteiger partial charge < -0.3 is 19.7 Å². The summed E-state index contributed by atoms with van der Waals surface area (Å²) in [6, 6.07) is 1.79. The summed E-state index contributed by atoms with van der Waals surface area (Å²) in [6.07, 6.45) is 3.41. The fraction of sp³-hybridized carbons (Fsp3) is 0.421. The zero-order chi connectivity index (χ0) is 20.9. The van der Waals surface area contributed by atoms with Crippen LogP contribution in [0.5, 0.6) is 0 Å². The maximum Gasteiger partial charge on any atom is 0.282 e. The highest BCUT2D eigenvalue weighted by Crippen LogP contribution is 2.41. The molecule has 0 saturated carbocycles. The van der Waals surface area contributed by atoms with Gasteiger partial charge in [-0.15, -0.1) is 0 Å². The van der Waals surface area contributed by atoms with E-state index in [4.69, 9.17) is 44.3 Å². The van der Waals surface area contributed by atoms with Crippen molar-refractivity contribution in [1.82, 2.24) is 10.3 Å². The van der Waals surface area contributed by atoms with Crippen LogP contribution >= 0.6 is 34.8 Å². The number of methoxy groups -OCH3 is 2. The van der Waals surface area contributed by atoms with Gasteiger partial charge in [-0.05, 0) is 12.1 Å². The zero-order valence-electron chi connectivity index (χ0n) is 15.6. The number of hydrogen-bond donors (Lipinski definition) is 1. The van der Waals surface area contributed by atoms with E-state index in [0.717, 1.165) is 5.22 Å². The average Bonchev–Trinajstić information content (AvgIpc) is 2.66. The van der Waals surface area contributed by atoms with Crippen LogP contribution in [0.2, 0.25) is 0 Å². The van der Waals surface area contributed by atoms with E-state index in [1.165, 1.54) is 19.1 Å². The number of anilines is 1. The summed E-state index contributed by atoms with van der Waals surface area (Å²) in [5.41, 5.74) is 0.440. The van der Waals surface area contributed by atoms with Crippen LogP contribution in [-0.2, 0) is 9.47 Å². The van der Waals surface area contributed by atoms with Gasteiger partial charge in [0.1, 0.15) is 23.2 Å². The lowest BCUT2D eigenvalue weighted by Gasteiger charge is -2.40. The van der Waals surface area contributed by atoms with E-state index in [2.05, 4.69) is 10.3 Å². The van der Waals surface area contributed by atoms with Crippen molar-refractivity contribution in [3.8, 4) is 0 Å². The molecule has 1 aliphatic carbocycles. The number of pyridine rings is 1. The number of aromatic nitrogens is 1. The molecule has 3 aliphatic rings. The number of ether oxygens (including phenoxy) is 2. The first-order valence-corrected chi connectivity index (χ1v) is 10.0. The zero-order valence-corrected chi connectivity index (χ0v) is 17.9. The molecule has 0 spiro atoms. The van der Waals surface area contributed by atoms with Gasteiger partial charge in [0.25, 0.3) is 5.92 Å². The molecule has 1 fully saturated rings. The molecule has 1 N–H and O–H groups in total. The minimum absolute atomic E-state index is 0.320. The summed E-state index contributed by atoms with van der Waals surface area (Å²) < 4.78 is 37.9. The van der Waals surface area contributed by atoms with Crippen molar-refractivity contribution in [2.75, 3.05) is 32.2 Å². The number of allylic oxidation sites excluding steroid dienone is 2. The summed E-state index contributed by atoms with van der Waals surface area (Å²) in [6.45, 7) is -0.824. The molecule has 1 aromatic heterocycles. The Morgan fingerprint density at radius 2 is 2.00 bits per heavy atom. The van der Waals surface area contributed by atoms with Crippen molar-refractivity contribution < 1.29 is 18.3 Å². The van der Waals surface area contributed by atoms with Crippen LogP contribution in [-0.4, -0.2) is 49.8 Å². The molecule has 2 atom stereocenters. The highest BCUT2D eigenvalue weighted by atomic mass is 35.5. The first kappa shape index (κ1) is 20.7. The summed E-state index contributed by atoms with van der Waals surface area (Å²) in [5, 5.41) is 5.13. The van der Waals surface area contributed by atoms with Crippen molar-refractivity contribution in [3.05, 3.63) is 38.0 Å². The van der Waals surface area contributed by atoms with Crippen LogP contribution in [0.3, 0.4) is 0 Å². The van der Waals surface area contributed by atoms with Gasteiger partial charge in [-0.2, -0.15) is 0 Å². The fourth-order valence-electron chi connectivity index (χ4n) is 3.59. The Labute approximate surface area is 181 Å². The number of hydrogen-bond acceptors (Lipinski definition) is 5. The molecular weight excluding hydrogens is 447 g/mol. The third-order valence-corrected chi connectivity index (χ3v) is 6.15. The van der Waals surface area contributed by atoms with E-state index in [9.17, 15) is 8.78 Å². The van der Waals surface area contributed by atoms with E-state index in [1.54, 1.807) is 18.3 Å². The lowest BCUT2D eigenvalue weighted by molar-refractivity contribution is -0.0268. The molecule has 29 heavy (non-hydrogen) atoms. The van der Waals surface area contributed by atoms with Crippen LogP contribution in [0, 0.1) is 0 Å². The molecule has 1 aromatic rings. The van der Waals surface area contributed by atoms with Crippen molar-refractivity contribution >= 4 is 58.5 Å². The molecule has 3 heterocycles. The Balaban J connectivity index is 1.92. The van der Waals surface area contributed by atoms with Gasteiger partial charge in [0.15, 0.2) is 0 Å². The van der Waals surface area contributed by atoms with Gasteiger partial charge in [-0.25, -0.2) is 13.8 Å². The van der Waals surface area contributed by atoms with Gasteiger partial charge in [-0.3, -0.25) is 0 Å². The molecule has 1 saturated heterocycles. The standard InChI is InChI=1S/C19H18Cl3F2N3O2/c1-28-12-5-13(29-2)17(22)15(16(12)21)11-3-9-6-25-14(20)4-10(9)18(26-11)27-7-19(23,24)8-27/h3-4,6,12,14,25H,5,7-8H2,1-2H3. The van der Waals surface area contributed by atoms with Crippen LogP contribution in [0.1, 0.15) is 12.1 Å². The quantitative estimate of drug-likeness (QED) is 0.548. The Morgan fingerprint density at radius 3 is 2.62 bits per heavy atom. The minimum atomic E-state index is -2.74. The molecule has 0 amide bonds. The molecule has 0 bridgehead atoms. The SMILES string of the molecule is COC1=C(Cl)C(c2cc3c(c(N4CC(F)(F)C4)n2)=CC(Cl)NC=3)=C(Cl)C(OC)C1. The number of nitrogens with zero attached hydrogens (tertiary/aromatic N) is 2. The topological polar surface area (TPSA) is 46.6 Å². The molecule has 0 aromatic carbocycles. The molecule has 0 radical (unpaired) electrons. The van der Waals surface area contributed by atoms with Crippen molar-refractivity contribution in [1.29, 1.82) is 0 Å². The Bertz CT molecular complexity index is 1030. The summed E-state index contributed by atoms with van der Waals surface area (Å²) in [4.78, 5) is 6.17. The molecule has 4 rings (SSSR count). The number of alkyl halides is 3. The summed E-state index contributed by atoms with van der Waals surface area (Å²) in [7, 11) is 3.06. The van der Waals surface area contributed by atoms with Crippen LogP contribution < -0.4 is 20.7 Å². The minimum Gasteiger partial charge on any atom is -0.499 e. The summed E-state index contributed by atoms with van der Waals surface area (Å²) >= 11 is 19.3. The van der Waals surface area contributed by atoms with Crippen molar-refractivity contribution in [3.63, 3.8) is 0 Å². The van der Waals surface area contributed by atoms with E-state index < -0.39 is 30.6 Å². The molecule has 10 heteroatoms. The van der Waals surface area contributed by atoms with Crippen LogP contribution in [0.15, 0.2) is 21.9 Å². The first-order chi connectivity index (χ1) is 13.7. The predicted molar refractivity (Wildman–Crippen MR) is 110 cm³/mol. The number of halogens is 5. The monoisotopic (exact) mass is 463 g/mol. The van der Waals surface area contributed by atoms with E-state index in [0.29, 0.717) is 44.5 Å². The second-order valence-corrected chi connectivity index (χ2v) is 8.27. The highest BCUT2D eigenvalue weighted by molar-refractivity contribution is 6.42. The third kappa shape index (κ3) is 3.69. The first-order valence-electron chi connectivity index (χ1n) is 8.86. The second kappa shape index (κ2) is 7.61. The third-order valence-electron chi connectivity index (χ3n) is 5.07. The molecule has 2 aliphatic heterocycles. The number of rotatable bonds is 4. The lowest BCUT2D eigenvalue weighted by Crippen LogP contribution is -2.59.